The van der Waals surface area contributed by atoms with Gasteiger partial charge in [-0.3, -0.25) is 9.59 Å². The van der Waals surface area contributed by atoms with E-state index < -0.39 is 0 Å². The lowest BCUT2D eigenvalue weighted by atomic mass is 10.1. The Bertz CT molecular complexity index is 1330. The summed E-state index contributed by atoms with van der Waals surface area (Å²) in [6.45, 7) is 2.40. The molecule has 0 aliphatic carbocycles. The van der Waals surface area contributed by atoms with Gasteiger partial charge in [-0.2, -0.15) is 5.10 Å². The van der Waals surface area contributed by atoms with Gasteiger partial charge in [-0.15, -0.1) is 0 Å². The Balaban J connectivity index is 1.73. The number of para-hydroxylation sites is 1. The minimum absolute atomic E-state index is 0.165. The fourth-order valence-electron chi connectivity index (χ4n) is 3.62. The van der Waals surface area contributed by atoms with E-state index in [1.807, 2.05) is 37.3 Å². The number of ether oxygens (including phenoxy) is 2. The number of nitrogens with one attached hydrogen (secondary N) is 2. The Morgan fingerprint density at radius 3 is 2.31 bits per heavy atom. The fourth-order valence-corrected chi connectivity index (χ4v) is 3.62. The molecule has 3 aromatic carbocycles. The van der Waals surface area contributed by atoms with Crippen molar-refractivity contribution >= 4 is 17.5 Å². The minimum Gasteiger partial charge on any atom is -0.497 e. The maximum atomic E-state index is 13.4. The predicted molar refractivity (Wildman–Crippen MR) is 135 cm³/mol. The van der Waals surface area contributed by atoms with Crippen LogP contribution in [0.2, 0.25) is 0 Å². The van der Waals surface area contributed by atoms with Gasteiger partial charge in [0.05, 0.1) is 25.5 Å². The molecule has 8 heteroatoms. The van der Waals surface area contributed by atoms with Gasteiger partial charge < -0.3 is 20.1 Å². The largest absolute Gasteiger partial charge is 0.497 e. The third-order valence-electron chi connectivity index (χ3n) is 5.38. The Kier molecular flexibility index (Phi) is 7.11. The zero-order valence-corrected chi connectivity index (χ0v) is 19.7. The zero-order chi connectivity index (χ0) is 24.8. The van der Waals surface area contributed by atoms with E-state index >= 15 is 0 Å². The lowest BCUT2D eigenvalue weighted by Gasteiger charge is -2.11. The van der Waals surface area contributed by atoms with Crippen LogP contribution in [0, 0.1) is 0 Å². The third kappa shape index (κ3) is 5.16. The van der Waals surface area contributed by atoms with E-state index in [1.54, 1.807) is 67.6 Å². The Labute approximate surface area is 203 Å². The van der Waals surface area contributed by atoms with Crippen LogP contribution in [0.4, 0.5) is 5.69 Å². The van der Waals surface area contributed by atoms with Crippen molar-refractivity contribution in [2.45, 2.75) is 6.92 Å². The highest BCUT2D eigenvalue weighted by atomic mass is 16.5. The second kappa shape index (κ2) is 10.6. The molecule has 1 heterocycles. The summed E-state index contributed by atoms with van der Waals surface area (Å²) in [6.07, 6.45) is 1.68. The molecule has 2 N–H and O–H groups in total. The maximum absolute atomic E-state index is 13.4. The molecule has 0 fully saturated rings. The number of hydrogen-bond donors (Lipinski definition) is 2. The fraction of sp³-hybridized carbons (Fsp3) is 0.148. The molecule has 0 aliphatic rings. The Morgan fingerprint density at radius 2 is 1.66 bits per heavy atom. The van der Waals surface area contributed by atoms with Crippen LogP contribution in [-0.2, 0) is 0 Å². The number of aromatic nitrogens is 2. The smallest absolute Gasteiger partial charge is 0.259 e. The van der Waals surface area contributed by atoms with Crippen LogP contribution >= 0.6 is 0 Å². The van der Waals surface area contributed by atoms with Crippen LogP contribution in [-0.4, -0.2) is 42.4 Å². The van der Waals surface area contributed by atoms with Gasteiger partial charge in [0, 0.05) is 29.6 Å². The van der Waals surface area contributed by atoms with Crippen LogP contribution in [0.3, 0.4) is 0 Å². The van der Waals surface area contributed by atoms with E-state index in [-0.39, 0.29) is 11.8 Å². The number of methoxy groups -OCH3 is 2. The normalized spacial score (nSPS) is 10.5. The van der Waals surface area contributed by atoms with E-state index in [2.05, 4.69) is 10.6 Å². The molecule has 1 aromatic heterocycles. The predicted octanol–water partition coefficient (Wildman–Crippen LogP) is 4.56. The number of nitrogens with zero attached hydrogens (tertiary/aromatic N) is 2. The van der Waals surface area contributed by atoms with Gasteiger partial charge in [-0.1, -0.05) is 18.2 Å². The molecular formula is C27H26N4O4. The molecule has 4 aromatic rings. The van der Waals surface area contributed by atoms with Crippen molar-refractivity contribution in [3.05, 3.63) is 90.1 Å². The summed E-state index contributed by atoms with van der Waals surface area (Å²) in [5, 5.41) is 10.4. The van der Waals surface area contributed by atoms with E-state index in [1.165, 1.54) is 0 Å². The van der Waals surface area contributed by atoms with E-state index in [4.69, 9.17) is 14.6 Å². The average molecular weight is 471 g/mol. The van der Waals surface area contributed by atoms with Gasteiger partial charge in [-0.05, 0) is 61.5 Å². The highest BCUT2D eigenvalue weighted by Gasteiger charge is 2.22. The van der Waals surface area contributed by atoms with E-state index in [0.29, 0.717) is 46.1 Å². The van der Waals surface area contributed by atoms with Gasteiger partial charge in [0.1, 0.15) is 17.2 Å². The van der Waals surface area contributed by atoms with Crippen molar-refractivity contribution in [1.82, 2.24) is 15.1 Å². The number of carbonyl (C=O) groups excluding carboxylic acids is 2. The molecule has 0 atom stereocenters. The number of amides is 2. The van der Waals surface area contributed by atoms with Crippen molar-refractivity contribution in [3.8, 4) is 28.4 Å². The van der Waals surface area contributed by atoms with Crippen LogP contribution in [0.1, 0.15) is 27.6 Å². The summed E-state index contributed by atoms with van der Waals surface area (Å²) in [5.41, 5.74) is 3.30. The lowest BCUT2D eigenvalue weighted by Crippen LogP contribution is -2.22. The molecular weight excluding hydrogens is 444 g/mol. The summed E-state index contributed by atoms with van der Waals surface area (Å²) in [4.78, 5) is 25.4. The van der Waals surface area contributed by atoms with Gasteiger partial charge in [0.15, 0.2) is 0 Å². The quantitative estimate of drug-likeness (QED) is 0.394. The molecule has 35 heavy (non-hydrogen) atoms. The van der Waals surface area contributed by atoms with Crippen molar-refractivity contribution < 1.29 is 19.1 Å². The average Bonchev–Trinajstić information content (AvgIpc) is 3.35. The number of hydrogen-bond acceptors (Lipinski definition) is 5. The minimum atomic E-state index is -0.349. The first-order valence-electron chi connectivity index (χ1n) is 11.1. The van der Waals surface area contributed by atoms with Crippen molar-refractivity contribution in [2.24, 2.45) is 0 Å². The van der Waals surface area contributed by atoms with Crippen molar-refractivity contribution in [2.75, 3.05) is 26.1 Å². The molecule has 0 aliphatic heterocycles. The number of anilines is 1. The third-order valence-corrected chi connectivity index (χ3v) is 5.38. The van der Waals surface area contributed by atoms with E-state index in [0.717, 1.165) is 5.69 Å². The van der Waals surface area contributed by atoms with Gasteiger partial charge in [0.25, 0.3) is 11.8 Å². The van der Waals surface area contributed by atoms with Crippen molar-refractivity contribution in [1.29, 1.82) is 0 Å². The maximum Gasteiger partial charge on any atom is 0.259 e. The highest BCUT2D eigenvalue weighted by molar-refractivity contribution is 6.08. The lowest BCUT2D eigenvalue weighted by molar-refractivity contribution is 0.0955. The molecule has 0 bridgehead atoms. The zero-order valence-electron chi connectivity index (χ0n) is 19.7. The molecule has 178 valence electrons. The molecule has 2 amide bonds. The van der Waals surface area contributed by atoms with Crippen LogP contribution in [0.15, 0.2) is 79.0 Å². The van der Waals surface area contributed by atoms with Crippen LogP contribution in [0.25, 0.3) is 16.9 Å². The highest BCUT2D eigenvalue weighted by Crippen LogP contribution is 2.35. The summed E-state index contributed by atoms with van der Waals surface area (Å²) in [7, 11) is 3.14. The first kappa shape index (κ1) is 23.6. The van der Waals surface area contributed by atoms with Gasteiger partial charge in [-0.25, -0.2) is 4.68 Å². The standard InChI is InChI=1S/C27H26N4O4/c1-4-28-26(32)18-10-12-19(13-11-18)29-27(33)23-17-31(20-8-6-5-7-9-20)30-25(23)22-16-21(34-2)14-15-24(22)35-3/h5-17H,4H2,1-3H3,(H,28,32)(H,29,33). The SMILES string of the molecule is CCNC(=O)c1ccc(NC(=O)c2cn(-c3ccccc3)nc2-c2cc(OC)ccc2OC)cc1. The van der Waals surface area contributed by atoms with E-state index in [9.17, 15) is 9.59 Å². The van der Waals surface area contributed by atoms with Crippen LogP contribution < -0.4 is 20.1 Å². The number of carbonyl (C=O) groups is 2. The summed E-state index contributed by atoms with van der Waals surface area (Å²) in [6, 6.07) is 21.6. The van der Waals surface area contributed by atoms with Gasteiger partial charge in [0.2, 0.25) is 0 Å². The Morgan fingerprint density at radius 1 is 0.914 bits per heavy atom. The molecule has 0 radical (unpaired) electrons. The molecule has 0 saturated carbocycles. The topological polar surface area (TPSA) is 94.5 Å². The van der Waals surface area contributed by atoms with Crippen molar-refractivity contribution in [3.63, 3.8) is 0 Å². The molecule has 0 saturated heterocycles. The molecule has 0 spiro atoms. The van der Waals surface area contributed by atoms with Crippen LogP contribution in [0.5, 0.6) is 11.5 Å². The summed E-state index contributed by atoms with van der Waals surface area (Å²) < 4.78 is 12.6. The Hall–Kier alpha value is -4.59. The molecule has 4 rings (SSSR count). The number of rotatable bonds is 8. The summed E-state index contributed by atoms with van der Waals surface area (Å²) >= 11 is 0. The van der Waals surface area contributed by atoms with Gasteiger partial charge >= 0.3 is 0 Å². The first-order chi connectivity index (χ1) is 17.0. The molecule has 8 nitrogen and oxygen atoms in total. The second-order valence-electron chi connectivity index (χ2n) is 7.63. The molecule has 0 unspecified atom stereocenters. The first-order valence-corrected chi connectivity index (χ1v) is 11.1. The monoisotopic (exact) mass is 470 g/mol. The number of benzene rings is 3. The second-order valence-corrected chi connectivity index (χ2v) is 7.63. The summed E-state index contributed by atoms with van der Waals surface area (Å²) in [5.74, 6) is 0.659.